The number of H-pyrrole nitrogens is 2. The Bertz CT molecular complexity index is 1010. The van der Waals surface area contributed by atoms with Gasteiger partial charge in [-0.1, -0.05) is 6.07 Å². The van der Waals surface area contributed by atoms with Crippen molar-refractivity contribution in [3.63, 3.8) is 0 Å². The Morgan fingerprint density at radius 2 is 2.04 bits per heavy atom. The van der Waals surface area contributed by atoms with Crippen LogP contribution < -0.4 is 11.0 Å². The van der Waals surface area contributed by atoms with Crippen LogP contribution in [0, 0.1) is 5.82 Å². The zero-order valence-corrected chi connectivity index (χ0v) is 14.1. The number of aromatic nitrogens is 3. The molecule has 2 aromatic heterocycles. The van der Waals surface area contributed by atoms with Crippen LogP contribution in [0.5, 0.6) is 0 Å². The summed E-state index contributed by atoms with van der Waals surface area (Å²) in [5.74, 6) is -1.66. The molecule has 1 amide bonds. The standard InChI is InChI=1S/C16H10BrFN4O3/c17-9-2-1-3-10(18)13(9)14(23)8-6-11(20-7-8)15(24)21-12-4-5-19-16(25)22-12/h1-7,20H,(H2,19,21,22,24,25). The van der Waals surface area contributed by atoms with Gasteiger partial charge in [0.05, 0.1) is 5.56 Å². The number of halogens is 2. The molecule has 0 unspecified atom stereocenters. The van der Waals surface area contributed by atoms with Crippen molar-refractivity contribution < 1.29 is 14.0 Å². The minimum Gasteiger partial charge on any atom is -0.356 e. The second-order valence-electron chi connectivity index (χ2n) is 4.97. The predicted octanol–water partition coefficient (Wildman–Crippen LogP) is 2.48. The van der Waals surface area contributed by atoms with E-state index in [1.54, 1.807) is 6.07 Å². The molecule has 0 saturated carbocycles. The number of aromatic amines is 2. The average Bonchev–Trinajstić information content (AvgIpc) is 3.04. The highest BCUT2D eigenvalue weighted by Gasteiger charge is 2.20. The summed E-state index contributed by atoms with van der Waals surface area (Å²) in [6.07, 6.45) is 2.55. The third-order valence-electron chi connectivity index (χ3n) is 3.30. The molecule has 9 heteroatoms. The second kappa shape index (κ2) is 6.81. The van der Waals surface area contributed by atoms with E-state index in [9.17, 15) is 18.8 Å². The molecule has 3 rings (SSSR count). The van der Waals surface area contributed by atoms with Crippen molar-refractivity contribution in [2.24, 2.45) is 0 Å². The van der Waals surface area contributed by atoms with Crippen LogP contribution in [0.25, 0.3) is 0 Å². The zero-order chi connectivity index (χ0) is 18.0. The minimum absolute atomic E-state index is 0.0773. The Labute approximate surface area is 148 Å². The number of hydrogen-bond donors (Lipinski definition) is 3. The lowest BCUT2D eigenvalue weighted by atomic mass is 10.1. The van der Waals surface area contributed by atoms with Crippen molar-refractivity contribution in [1.29, 1.82) is 0 Å². The quantitative estimate of drug-likeness (QED) is 0.580. The van der Waals surface area contributed by atoms with E-state index in [1.165, 1.54) is 36.7 Å². The van der Waals surface area contributed by atoms with E-state index in [0.717, 1.165) is 0 Å². The molecule has 0 aliphatic heterocycles. The topological polar surface area (TPSA) is 108 Å². The number of anilines is 1. The summed E-state index contributed by atoms with van der Waals surface area (Å²) in [6.45, 7) is 0. The fraction of sp³-hybridized carbons (Fsp3) is 0. The Hall–Kier alpha value is -3.07. The monoisotopic (exact) mass is 404 g/mol. The number of ketones is 1. The molecule has 0 bridgehead atoms. The number of nitrogens with zero attached hydrogens (tertiary/aromatic N) is 1. The summed E-state index contributed by atoms with van der Waals surface area (Å²) < 4.78 is 14.2. The van der Waals surface area contributed by atoms with Crippen LogP contribution in [-0.4, -0.2) is 26.6 Å². The van der Waals surface area contributed by atoms with Gasteiger partial charge in [-0.25, -0.2) is 14.2 Å². The first-order valence-electron chi connectivity index (χ1n) is 6.99. The van der Waals surface area contributed by atoms with Crippen LogP contribution in [0.3, 0.4) is 0 Å². The zero-order valence-electron chi connectivity index (χ0n) is 12.5. The molecule has 0 saturated heterocycles. The molecule has 25 heavy (non-hydrogen) atoms. The molecule has 0 spiro atoms. The highest BCUT2D eigenvalue weighted by Crippen LogP contribution is 2.23. The number of benzene rings is 1. The van der Waals surface area contributed by atoms with Gasteiger partial charge in [-0.05, 0) is 40.2 Å². The first kappa shape index (κ1) is 16.8. The average molecular weight is 405 g/mol. The van der Waals surface area contributed by atoms with Crippen LogP contribution in [0.1, 0.15) is 26.4 Å². The van der Waals surface area contributed by atoms with Gasteiger partial charge in [0.25, 0.3) is 5.91 Å². The third-order valence-corrected chi connectivity index (χ3v) is 3.96. The van der Waals surface area contributed by atoms with E-state index >= 15 is 0 Å². The summed E-state index contributed by atoms with van der Waals surface area (Å²) in [5, 5.41) is 2.45. The lowest BCUT2D eigenvalue weighted by Gasteiger charge is -2.03. The lowest BCUT2D eigenvalue weighted by Crippen LogP contribution is -2.17. The number of carbonyl (C=O) groups excluding carboxylic acids is 2. The molecular formula is C16H10BrFN4O3. The van der Waals surface area contributed by atoms with Crippen molar-refractivity contribution in [3.8, 4) is 0 Å². The molecule has 0 aliphatic rings. The van der Waals surface area contributed by atoms with Gasteiger partial charge in [0.15, 0.2) is 5.78 Å². The number of rotatable bonds is 4. The maximum absolute atomic E-state index is 13.9. The molecule has 7 nitrogen and oxygen atoms in total. The molecule has 1 aromatic carbocycles. The Kier molecular flexibility index (Phi) is 4.57. The van der Waals surface area contributed by atoms with Crippen LogP contribution in [0.15, 0.2) is 52.0 Å². The van der Waals surface area contributed by atoms with Gasteiger partial charge >= 0.3 is 5.69 Å². The summed E-state index contributed by atoms with van der Waals surface area (Å²) in [7, 11) is 0. The van der Waals surface area contributed by atoms with E-state index in [1.807, 2.05) is 0 Å². The van der Waals surface area contributed by atoms with Gasteiger partial charge in [-0.2, -0.15) is 0 Å². The van der Waals surface area contributed by atoms with E-state index in [2.05, 4.69) is 36.2 Å². The van der Waals surface area contributed by atoms with Gasteiger partial charge in [0, 0.05) is 22.4 Å². The van der Waals surface area contributed by atoms with Gasteiger partial charge in [0.1, 0.15) is 17.3 Å². The molecule has 3 N–H and O–H groups in total. The number of carbonyl (C=O) groups is 2. The highest BCUT2D eigenvalue weighted by atomic mass is 79.9. The van der Waals surface area contributed by atoms with E-state index in [-0.39, 0.29) is 22.6 Å². The summed E-state index contributed by atoms with van der Waals surface area (Å²) in [4.78, 5) is 44.2. The van der Waals surface area contributed by atoms with Crippen molar-refractivity contribution in [2.75, 3.05) is 5.32 Å². The molecule has 2 heterocycles. The van der Waals surface area contributed by atoms with Crippen LogP contribution in [0.2, 0.25) is 0 Å². The molecule has 3 aromatic rings. The molecule has 0 fully saturated rings. The Morgan fingerprint density at radius 1 is 1.24 bits per heavy atom. The fourth-order valence-electron chi connectivity index (χ4n) is 2.15. The first-order chi connectivity index (χ1) is 12.0. The van der Waals surface area contributed by atoms with E-state index in [0.29, 0.717) is 4.47 Å². The maximum atomic E-state index is 13.9. The largest absolute Gasteiger partial charge is 0.356 e. The Balaban J connectivity index is 1.83. The lowest BCUT2D eigenvalue weighted by molar-refractivity contribution is 0.102. The van der Waals surface area contributed by atoms with Crippen LogP contribution >= 0.6 is 15.9 Å². The molecule has 126 valence electrons. The van der Waals surface area contributed by atoms with Gasteiger partial charge in [0.2, 0.25) is 0 Å². The van der Waals surface area contributed by atoms with Crippen molar-refractivity contribution >= 4 is 33.4 Å². The summed E-state index contributed by atoms with van der Waals surface area (Å²) >= 11 is 3.14. The fourth-order valence-corrected chi connectivity index (χ4v) is 2.67. The number of hydrogen-bond acceptors (Lipinski definition) is 4. The maximum Gasteiger partial charge on any atom is 0.346 e. The number of nitrogens with one attached hydrogen (secondary N) is 3. The predicted molar refractivity (Wildman–Crippen MR) is 91.1 cm³/mol. The van der Waals surface area contributed by atoms with Gasteiger partial charge < -0.3 is 10.3 Å². The minimum atomic E-state index is -0.666. The highest BCUT2D eigenvalue weighted by molar-refractivity contribution is 9.10. The molecule has 0 atom stereocenters. The van der Waals surface area contributed by atoms with Crippen LogP contribution in [-0.2, 0) is 0 Å². The SMILES string of the molecule is O=C(Nc1ccnc(=O)[nH]1)c1cc(C(=O)c2c(F)cccc2Br)c[nH]1. The number of amides is 1. The molecule has 0 aliphatic carbocycles. The normalized spacial score (nSPS) is 10.5. The third kappa shape index (κ3) is 3.56. The van der Waals surface area contributed by atoms with Crippen LogP contribution in [0.4, 0.5) is 10.2 Å². The van der Waals surface area contributed by atoms with E-state index in [4.69, 9.17) is 0 Å². The second-order valence-corrected chi connectivity index (χ2v) is 5.82. The molecular weight excluding hydrogens is 395 g/mol. The van der Waals surface area contributed by atoms with E-state index < -0.39 is 23.2 Å². The summed E-state index contributed by atoms with van der Waals surface area (Å²) in [6, 6.07) is 6.91. The first-order valence-corrected chi connectivity index (χ1v) is 7.79. The molecule has 0 radical (unpaired) electrons. The van der Waals surface area contributed by atoms with Gasteiger partial charge in [-0.15, -0.1) is 0 Å². The smallest absolute Gasteiger partial charge is 0.346 e. The van der Waals surface area contributed by atoms with Crippen molar-refractivity contribution in [2.45, 2.75) is 0 Å². The van der Waals surface area contributed by atoms with Crippen molar-refractivity contribution in [3.05, 3.63) is 80.3 Å². The van der Waals surface area contributed by atoms with Gasteiger partial charge in [-0.3, -0.25) is 14.6 Å². The summed E-state index contributed by atoms with van der Waals surface area (Å²) in [5.41, 5.74) is -0.524. The van der Waals surface area contributed by atoms with Crippen molar-refractivity contribution in [1.82, 2.24) is 15.0 Å². The Morgan fingerprint density at radius 3 is 2.76 bits per heavy atom.